The maximum atomic E-state index is 12.4. The van der Waals surface area contributed by atoms with E-state index >= 15 is 0 Å². The smallest absolute Gasteiger partial charge is 0.457 e. The van der Waals surface area contributed by atoms with E-state index in [1.165, 1.54) is 51.4 Å². The Kier molecular flexibility index (Phi) is 31.2. The summed E-state index contributed by atoms with van der Waals surface area (Å²) in [6.45, 7) is 3.27. The predicted molar refractivity (Wildman–Crippen MR) is 182 cm³/mol. The lowest BCUT2D eigenvalue weighted by molar-refractivity contribution is -0.154. The number of rotatable bonds is 32. The third-order valence-corrected chi connectivity index (χ3v) is 7.74. The molecule has 0 aromatic carbocycles. The molecule has 3 N–H and O–H groups in total. The average Bonchev–Trinajstić information content (AvgIpc) is 3.03. The second-order valence-electron chi connectivity index (χ2n) is 11.2. The molecule has 3 unspecified atom stereocenters. The van der Waals surface area contributed by atoms with E-state index in [9.17, 15) is 19.4 Å². The van der Waals surface area contributed by atoms with Crippen LogP contribution in [0.3, 0.4) is 0 Å². The van der Waals surface area contributed by atoms with Crippen molar-refractivity contribution in [3.05, 3.63) is 48.6 Å². The number of carbonyl (C=O) groups excluding carboxylic acids is 1. The van der Waals surface area contributed by atoms with Gasteiger partial charge < -0.3 is 24.6 Å². The van der Waals surface area contributed by atoms with Gasteiger partial charge in [-0.2, -0.15) is 0 Å². The zero-order valence-corrected chi connectivity index (χ0v) is 29.0. The number of allylic oxidation sites excluding steroid dienone is 8. The number of ether oxygens (including phenoxy) is 2. The number of unbranched alkanes of at least 4 members (excludes halogenated alkanes) is 10. The summed E-state index contributed by atoms with van der Waals surface area (Å²) in [5.74, 6) is -0.464. The van der Waals surface area contributed by atoms with Crippen LogP contribution in [0.15, 0.2) is 48.6 Å². The fourth-order valence-electron chi connectivity index (χ4n) is 4.19. The first kappa shape index (κ1) is 43.4. The number of esters is 1. The van der Waals surface area contributed by atoms with E-state index in [1.807, 2.05) is 12.2 Å². The molecule has 0 radical (unpaired) electrons. The second-order valence-corrected chi connectivity index (χ2v) is 12.6. The molecule has 0 saturated carbocycles. The van der Waals surface area contributed by atoms with Crippen molar-refractivity contribution in [2.24, 2.45) is 0 Å². The van der Waals surface area contributed by atoms with Crippen LogP contribution in [0.4, 0.5) is 0 Å². The summed E-state index contributed by atoms with van der Waals surface area (Å²) in [7, 11) is -4.52. The number of hydrogen-bond acceptors (Lipinski definition) is 8. The summed E-state index contributed by atoms with van der Waals surface area (Å²) < 4.78 is 33.0. The van der Waals surface area contributed by atoms with Crippen molar-refractivity contribution in [3.8, 4) is 0 Å². The molecule has 9 nitrogen and oxygen atoms in total. The van der Waals surface area contributed by atoms with Crippen LogP contribution in [0.2, 0.25) is 0 Å². The van der Waals surface area contributed by atoms with Crippen molar-refractivity contribution in [2.45, 2.75) is 135 Å². The van der Waals surface area contributed by atoms with Crippen molar-refractivity contribution >= 4 is 13.8 Å². The summed E-state index contributed by atoms with van der Waals surface area (Å²) in [6.07, 6.45) is 32.3. The Hall–Kier alpha value is -1.58. The average molecular weight is 659 g/mol. The molecule has 0 aliphatic rings. The van der Waals surface area contributed by atoms with Gasteiger partial charge in [-0.3, -0.25) is 13.8 Å². The number of phosphoric ester groups is 1. The number of aliphatic hydroxyl groups is 2. The number of phosphoric acid groups is 1. The summed E-state index contributed by atoms with van der Waals surface area (Å²) in [5, 5.41) is 18.2. The number of carbonyl (C=O) groups is 1. The molecule has 0 saturated heterocycles. The third kappa shape index (κ3) is 32.2. The quantitative estimate of drug-likeness (QED) is 0.0283. The SMILES string of the molecule is CC/C=C\C/C=C\C/C=C\C/C=C\CCC(=O)OC(COCCCCCCCCCCCCC)COP(=O)(O)OCC(O)CO. The minimum atomic E-state index is -4.52. The first-order valence-electron chi connectivity index (χ1n) is 17.1. The molecule has 0 aromatic heterocycles. The van der Waals surface area contributed by atoms with Gasteiger partial charge in [0.15, 0.2) is 0 Å². The fourth-order valence-corrected chi connectivity index (χ4v) is 4.98. The molecule has 0 amide bonds. The summed E-state index contributed by atoms with van der Waals surface area (Å²) in [6, 6.07) is 0. The molecule has 3 atom stereocenters. The molecule has 0 aliphatic carbocycles. The van der Waals surface area contributed by atoms with E-state index in [0.717, 1.165) is 44.9 Å². The Morgan fingerprint density at radius 3 is 1.78 bits per heavy atom. The highest BCUT2D eigenvalue weighted by Gasteiger charge is 2.26. The number of aliphatic hydroxyl groups excluding tert-OH is 2. The van der Waals surface area contributed by atoms with E-state index in [2.05, 4.69) is 54.8 Å². The molecule has 0 spiro atoms. The van der Waals surface area contributed by atoms with Crippen LogP contribution in [0.25, 0.3) is 0 Å². The molecular formula is C35H63O9P. The van der Waals surface area contributed by atoms with Crippen LogP contribution in [0, 0.1) is 0 Å². The molecule has 0 aliphatic heterocycles. The summed E-state index contributed by atoms with van der Waals surface area (Å²) in [4.78, 5) is 22.3. The van der Waals surface area contributed by atoms with E-state index < -0.39 is 45.8 Å². The highest BCUT2D eigenvalue weighted by atomic mass is 31.2. The highest BCUT2D eigenvalue weighted by Crippen LogP contribution is 2.43. The molecule has 0 aromatic rings. The van der Waals surface area contributed by atoms with Crippen LogP contribution in [-0.4, -0.2) is 66.3 Å². The van der Waals surface area contributed by atoms with Crippen LogP contribution in [0.5, 0.6) is 0 Å². The third-order valence-electron chi connectivity index (χ3n) is 6.79. The first-order chi connectivity index (χ1) is 21.8. The van der Waals surface area contributed by atoms with E-state index in [-0.39, 0.29) is 13.0 Å². The standard InChI is InChI=1S/C35H63O9P/c1-3-5-7-9-11-13-15-16-17-19-21-23-25-27-35(38)44-34(32-43-45(39,40)42-30-33(37)29-36)31-41-28-26-24-22-20-18-14-12-10-8-6-4-2/h5,7,11,13,16-17,21,23,33-34,36-37H,3-4,6,8-10,12,14-15,18-20,22,24-32H2,1-2H3,(H,39,40)/b7-5-,13-11-,17-16-,23-21-. The zero-order chi connectivity index (χ0) is 33.3. The molecule has 0 rings (SSSR count). The predicted octanol–water partition coefficient (Wildman–Crippen LogP) is 8.30. The monoisotopic (exact) mass is 658 g/mol. The van der Waals surface area contributed by atoms with Crippen molar-refractivity contribution in [1.29, 1.82) is 0 Å². The van der Waals surface area contributed by atoms with Crippen LogP contribution in [-0.2, 0) is 27.9 Å². The molecule has 0 fully saturated rings. The van der Waals surface area contributed by atoms with Crippen molar-refractivity contribution < 1.29 is 43.0 Å². The molecule has 10 heteroatoms. The van der Waals surface area contributed by atoms with Gasteiger partial charge in [0.05, 0.1) is 26.4 Å². The Balaban J connectivity index is 4.42. The molecule has 262 valence electrons. The lowest BCUT2D eigenvalue weighted by atomic mass is 10.1. The topological polar surface area (TPSA) is 132 Å². The van der Waals surface area contributed by atoms with Gasteiger partial charge in [-0.25, -0.2) is 4.57 Å². The van der Waals surface area contributed by atoms with Gasteiger partial charge in [0.2, 0.25) is 0 Å². The summed E-state index contributed by atoms with van der Waals surface area (Å²) >= 11 is 0. The van der Waals surface area contributed by atoms with Gasteiger partial charge in [0.25, 0.3) is 0 Å². The van der Waals surface area contributed by atoms with Gasteiger partial charge in [0.1, 0.15) is 12.2 Å². The minimum absolute atomic E-state index is 0.0206. The van der Waals surface area contributed by atoms with Crippen molar-refractivity contribution in [3.63, 3.8) is 0 Å². The Labute approximate surface area is 273 Å². The van der Waals surface area contributed by atoms with E-state index in [4.69, 9.17) is 19.1 Å². The Bertz CT molecular complexity index is 841. The van der Waals surface area contributed by atoms with Crippen molar-refractivity contribution in [1.82, 2.24) is 0 Å². The van der Waals surface area contributed by atoms with Gasteiger partial charge >= 0.3 is 13.8 Å². The fraction of sp³-hybridized carbons (Fsp3) is 0.743. The zero-order valence-electron chi connectivity index (χ0n) is 28.1. The Morgan fingerprint density at radius 1 is 0.711 bits per heavy atom. The van der Waals surface area contributed by atoms with E-state index in [0.29, 0.717) is 13.0 Å². The van der Waals surface area contributed by atoms with Gasteiger partial charge in [-0.05, 0) is 38.5 Å². The molecule has 45 heavy (non-hydrogen) atoms. The lowest BCUT2D eigenvalue weighted by Gasteiger charge is -2.20. The lowest BCUT2D eigenvalue weighted by Crippen LogP contribution is -2.29. The van der Waals surface area contributed by atoms with Gasteiger partial charge in [0, 0.05) is 13.0 Å². The second kappa shape index (κ2) is 32.4. The van der Waals surface area contributed by atoms with Crippen LogP contribution in [0.1, 0.15) is 123 Å². The highest BCUT2D eigenvalue weighted by molar-refractivity contribution is 7.47. The minimum Gasteiger partial charge on any atom is -0.457 e. The van der Waals surface area contributed by atoms with Crippen molar-refractivity contribution in [2.75, 3.05) is 33.0 Å². The Morgan fingerprint density at radius 2 is 1.22 bits per heavy atom. The maximum absolute atomic E-state index is 12.4. The largest absolute Gasteiger partial charge is 0.472 e. The number of hydrogen-bond donors (Lipinski definition) is 3. The van der Waals surface area contributed by atoms with Gasteiger partial charge in [-0.1, -0.05) is 127 Å². The van der Waals surface area contributed by atoms with Gasteiger partial charge in [-0.15, -0.1) is 0 Å². The van der Waals surface area contributed by atoms with Crippen LogP contribution >= 0.6 is 7.82 Å². The summed E-state index contributed by atoms with van der Waals surface area (Å²) in [5.41, 5.74) is 0. The maximum Gasteiger partial charge on any atom is 0.472 e. The molecular weight excluding hydrogens is 595 g/mol. The normalized spacial score (nSPS) is 15.0. The molecule has 0 bridgehead atoms. The first-order valence-corrected chi connectivity index (χ1v) is 18.6. The molecule has 0 heterocycles. The van der Waals surface area contributed by atoms with Crippen LogP contribution < -0.4 is 0 Å². The van der Waals surface area contributed by atoms with E-state index in [1.54, 1.807) is 0 Å².